The normalized spacial score (nSPS) is 16.3. The van der Waals surface area contributed by atoms with Crippen molar-refractivity contribution in [2.75, 3.05) is 18.5 Å². The van der Waals surface area contributed by atoms with E-state index in [2.05, 4.69) is 19.7 Å². The molecule has 0 spiro atoms. The van der Waals surface area contributed by atoms with Gasteiger partial charge in [0.1, 0.15) is 0 Å². The average Bonchev–Trinajstić information content (AvgIpc) is 2.23. The van der Waals surface area contributed by atoms with E-state index in [1.165, 1.54) is 0 Å². The van der Waals surface area contributed by atoms with Crippen LogP contribution in [-0.2, 0) is 9.09 Å². The largest absolute Gasteiger partial charge is 0.323 e. The van der Waals surface area contributed by atoms with E-state index in [1.807, 2.05) is 6.92 Å². The highest BCUT2D eigenvalue weighted by Gasteiger charge is 2.30. The van der Waals surface area contributed by atoms with Gasteiger partial charge >= 0.3 is 0 Å². The highest BCUT2D eigenvalue weighted by Crippen LogP contribution is 2.56. The smallest absolute Gasteiger partial charge is 0.223 e. The third kappa shape index (κ3) is 4.87. The fourth-order valence-corrected chi connectivity index (χ4v) is 4.87. The van der Waals surface area contributed by atoms with Gasteiger partial charge in [-0.2, -0.15) is 0 Å². The second kappa shape index (κ2) is 7.98. The van der Waals surface area contributed by atoms with E-state index in [-0.39, 0.29) is 4.99 Å². The maximum absolute atomic E-state index is 12.5. The maximum atomic E-state index is 12.5. The Bertz CT molecular complexity index is 263. The molecule has 2 nitrogen and oxygen atoms in total. The minimum atomic E-state index is -2.71. The van der Waals surface area contributed by atoms with Crippen molar-refractivity contribution in [1.82, 2.24) is 0 Å². The summed E-state index contributed by atoms with van der Waals surface area (Å²) in [5.74, 6) is 0.884. The monoisotopic (exact) mass is 246 g/mol. The summed E-state index contributed by atoms with van der Waals surface area (Å²) in [6.07, 6.45) is 5.31. The first kappa shape index (κ1) is 14.8. The molecule has 0 aliphatic heterocycles. The van der Waals surface area contributed by atoms with Crippen molar-refractivity contribution in [3.63, 3.8) is 0 Å². The maximum Gasteiger partial charge on any atom is 0.223 e. The Morgan fingerprint density at radius 3 is 2.47 bits per heavy atom. The topological polar surface area (TPSA) is 26.3 Å². The number of allylic oxidation sites excluding steroid dienone is 1. The van der Waals surface area contributed by atoms with Gasteiger partial charge in [-0.25, -0.2) is 0 Å². The molecule has 0 aromatic rings. The molecule has 15 heavy (non-hydrogen) atoms. The van der Waals surface area contributed by atoms with Crippen LogP contribution >= 0.6 is 19.1 Å². The van der Waals surface area contributed by atoms with E-state index < -0.39 is 7.37 Å². The highest BCUT2D eigenvalue weighted by atomic mass is 32.2. The molecule has 0 fully saturated rings. The van der Waals surface area contributed by atoms with Gasteiger partial charge in [-0.1, -0.05) is 25.2 Å². The van der Waals surface area contributed by atoms with E-state index in [0.29, 0.717) is 12.8 Å². The second-order valence-electron chi connectivity index (χ2n) is 2.86. The first-order valence-corrected chi connectivity index (χ1v) is 7.76. The zero-order chi connectivity index (χ0) is 11.7. The lowest BCUT2D eigenvalue weighted by atomic mass is 10.7. The fourth-order valence-electron chi connectivity index (χ4n) is 1.10. The first-order chi connectivity index (χ1) is 7.14. The zero-order valence-electron chi connectivity index (χ0n) is 9.22. The summed E-state index contributed by atoms with van der Waals surface area (Å²) < 4.78 is 17.9. The van der Waals surface area contributed by atoms with Gasteiger partial charge in [0.25, 0.3) is 0 Å². The Morgan fingerprint density at radius 1 is 1.40 bits per heavy atom. The predicted octanol–water partition coefficient (Wildman–Crippen LogP) is 3.92. The highest BCUT2D eigenvalue weighted by molar-refractivity contribution is 8.06. The summed E-state index contributed by atoms with van der Waals surface area (Å²) >= 11 is 1.59. The van der Waals surface area contributed by atoms with Gasteiger partial charge in [-0.15, -0.1) is 31.5 Å². The van der Waals surface area contributed by atoms with Crippen molar-refractivity contribution in [1.29, 1.82) is 0 Å². The van der Waals surface area contributed by atoms with Crippen LogP contribution in [0.15, 0.2) is 38.0 Å². The molecule has 0 aromatic carbocycles. The number of hydrogen-bond acceptors (Lipinski definition) is 3. The number of hydrogen-bond donors (Lipinski definition) is 0. The molecule has 0 rings (SSSR count). The van der Waals surface area contributed by atoms with Crippen molar-refractivity contribution < 1.29 is 9.09 Å². The summed E-state index contributed by atoms with van der Waals surface area (Å²) in [4.78, 5) is -0.152. The summed E-state index contributed by atoms with van der Waals surface area (Å²) in [5.41, 5.74) is 0. The van der Waals surface area contributed by atoms with Gasteiger partial charge in [-0.05, 0) is 5.75 Å². The molecular formula is C11H19O2PS. The van der Waals surface area contributed by atoms with E-state index in [0.717, 1.165) is 5.75 Å². The van der Waals surface area contributed by atoms with Crippen LogP contribution in [0.1, 0.15) is 6.92 Å². The molecule has 0 aromatic heterocycles. The molecule has 0 aliphatic rings. The molecule has 0 N–H and O–H groups in total. The second-order valence-corrected chi connectivity index (χ2v) is 7.26. The molecule has 0 radical (unpaired) electrons. The number of thioether (sulfide) groups is 1. The van der Waals surface area contributed by atoms with Gasteiger partial charge < -0.3 is 4.52 Å². The van der Waals surface area contributed by atoms with Gasteiger partial charge in [-0.3, -0.25) is 4.57 Å². The first-order valence-electron chi connectivity index (χ1n) is 4.83. The number of rotatable bonds is 9. The van der Waals surface area contributed by atoms with Crippen molar-refractivity contribution >= 4 is 19.1 Å². The SMILES string of the molecule is C=CCOP(=O)(CC=C)C(C=C)SCC. The molecule has 4 heteroatoms. The Morgan fingerprint density at radius 2 is 2.07 bits per heavy atom. The molecule has 0 aliphatic carbocycles. The Balaban J connectivity index is 4.70. The minimum absolute atomic E-state index is 0.152. The lowest BCUT2D eigenvalue weighted by molar-refractivity contribution is 0.355. The van der Waals surface area contributed by atoms with Gasteiger partial charge in [0, 0.05) is 6.16 Å². The molecule has 0 heterocycles. The standard InChI is InChI=1S/C11H19O2PS/c1-5-9-13-14(12,10-6-2)11(7-3)15-8-4/h5-7,11H,1-3,8-10H2,4H3. The van der Waals surface area contributed by atoms with Crippen LogP contribution in [-0.4, -0.2) is 23.5 Å². The van der Waals surface area contributed by atoms with Crippen LogP contribution in [0.4, 0.5) is 0 Å². The minimum Gasteiger partial charge on any atom is -0.323 e. The van der Waals surface area contributed by atoms with E-state index >= 15 is 0 Å². The molecule has 0 saturated carbocycles. The molecule has 0 amide bonds. The Hall–Kier alpha value is -0.240. The summed E-state index contributed by atoms with van der Waals surface area (Å²) in [7, 11) is -2.71. The fraction of sp³-hybridized carbons (Fsp3) is 0.455. The summed E-state index contributed by atoms with van der Waals surface area (Å²) in [6, 6.07) is 0. The average molecular weight is 246 g/mol. The molecule has 0 bridgehead atoms. The van der Waals surface area contributed by atoms with Gasteiger partial charge in [0.2, 0.25) is 7.37 Å². The lowest BCUT2D eigenvalue weighted by Gasteiger charge is -2.23. The molecule has 2 unspecified atom stereocenters. The van der Waals surface area contributed by atoms with Crippen molar-refractivity contribution in [3.05, 3.63) is 38.0 Å². The van der Waals surface area contributed by atoms with E-state index in [9.17, 15) is 4.57 Å². The van der Waals surface area contributed by atoms with E-state index in [1.54, 1.807) is 30.0 Å². The summed E-state index contributed by atoms with van der Waals surface area (Å²) in [6.45, 7) is 13.2. The van der Waals surface area contributed by atoms with Crippen LogP contribution in [0.3, 0.4) is 0 Å². The Kier molecular flexibility index (Phi) is 7.85. The summed E-state index contributed by atoms with van der Waals surface area (Å²) in [5, 5.41) is 0. The molecular weight excluding hydrogens is 227 g/mol. The Labute approximate surface area is 96.9 Å². The van der Waals surface area contributed by atoms with Crippen molar-refractivity contribution in [2.24, 2.45) is 0 Å². The third-order valence-corrected chi connectivity index (χ3v) is 6.34. The third-order valence-electron chi connectivity index (χ3n) is 1.72. The van der Waals surface area contributed by atoms with E-state index in [4.69, 9.17) is 4.52 Å². The van der Waals surface area contributed by atoms with Gasteiger partial charge in [0.05, 0.1) is 11.6 Å². The van der Waals surface area contributed by atoms with Crippen LogP contribution in [0.2, 0.25) is 0 Å². The van der Waals surface area contributed by atoms with Crippen molar-refractivity contribution in [3.8, 4) is 0 Å². The van der Waals surface area contributed by atoms with Crippen LogP contribution in [0.5, 0.6) is 0 Å². The molecule has 0 saturated heterocycles. The zero-order valence-corrected chi connectivity index (χ0v) is 10.9. The molecule has 2 atom stereocenters. The quantitative estimate of drug-likeness (QED) is 0.455. The lowest BCUT2D eigenvalue weighted by Crippen LogP contribution is -2.07. The molecule has 86 valence electrons. The van der Waals surface area contributed by atoms with Crippen LogP contribution < -0.4 is 0 Å². The van der Waals surface area contributed by atoms with Crippen molar-refractivity contribution in [2.45, 2.75) is 11.9 Å². The van der Waals surface area contributed by atoms with Crippen LogP contribution in [0, 0.1) is 0 Å². The predicted molar refractivity (Wildman–Crippen MR) is 70.9 cm³/mol. The van der Waals surface area contributed by atoms with Gasteiger partial charge in [0.15, 0.2) is 0 Å². The van der Waals surface area contributed by atoms with Crippen LogP contribution in [0.25, 0.3) is 0 Å².